The first-order valence-electron chi connectivity index (χ1n) is 6.69. The molecule has 26 heavy (non-hydrogen) atoms. The lowest BCUT2D eigenvalue weighted by Gasteiger charge is -2.15. The van der Waals surface area contributed by atoms with E-state index in [0.29, 0.717) is 0 Å². The highest BCUT2D eigenvalue weighted by molar-refractivity contribution is 7.92. The van der Waals surface area contributed by atoms with Crippen LogP contribution in [0.4, 0.5) is 14.5 Å². The van der Waals surface area contributed by atoms with Gasteiger partial charge in [-0.15, -0.1) is 0 Å². The first kappa shape index (κ1) is 19.8. The average molecular weight is 407 g/mol. The second-order valence-corrected chi connectivity index (χ2v) is 7.91. The largest absolute Gasteiger partial charge is 0.466 e. The highest BCUT2D eigenvalue weighted by Crippen LogP contribution is 2.29. The highest BCUT2D eigenvalue weighted by Gasteiger charge is 2.54. The first-order chi connectivity index (χ1) is 11.9. The van der Waals surface area contributed by atoms with Gasteiger partial charge in [0.25, 0.3) is 10.0 Å². The smallest absolute Gasteiger partial charge is 0.420 e. The molecule has 0 atom stereocenters. The lowest BCUT2D eigenvalue weighted by atomic mass is 10.3. The Labute approximate surface area is 147 Å². The summed E-state index contributed by atoms with van der Waals surface area (Å²) >= 11 is 0. The van der Waals surface area contributed by atoms with Gasteiger partial charge < -0.3 is 4.74 Å². The van der Waals surface area contributed by atoms with Crippen molar-refractivity contribution in [3.8, 4) is 5.75 Å². The van der Waals surface area contributed by atoms with E-state index in [2.05, 4.69) is 9.46 Å². The summed E-state index contributed by atoms with van der Waals surface area (Å²) in [5, 5.41) is -5.27. The molecule has 0 aliphatic heterocycles. The minimum Gasteiger partial charge on any atom is -0.420 e. The third-order valence-electron chi connectivity index (χ3n) is 2.93. The second kappa shape index (κ2) is 6.97. The van der Waals surface area contributed by atoms with E-state index in [1.54, 1.807) is 6.07 Å². The van der Waals surface area contributed by atoms with Gasteiger partial charge in [0.1, 0.15) is 4.90 Å². The lowest BCUT2D eigenvalue weighted by molar-refractivity contribution is -0.151. The van der Waals surface area contributed by atoms with Crippen molar-refractivity contribution in [3.63, 3.8) is 0 Å². The number of esters is 1. The number of anilines is 1. The standard InChI is InChI=1S/C14H11F2NO7S2/c15-14(16,26(21,22)23)13(18)24-11-8-4-5-9-12(11)25(19,20)17-10-6-2-1-3-7-10/h1-9,17H,(H,21,22,23). The number of sulfonamides is 1. The van der Waals surface area contributed by atoms with Crippen LogP contribution in [0.2, 0.25) is 0 Å². The maximum absolute atomic E-state index is 13.3. The fraction of sp³-hybridized carbons (Fsp3) is 0.0714. The molecule has 0 aromatic heterocycles. The van der Waals surface area contributed by atoms with Crippen LogP contribution in [-0.2, 0) is 24.9 Å². The number of hydrogen-bond donors (Lipinski definition) is 2. The van der Waals surface area contributed by atoms with Crippen LogP contribution in [0, 0.1) is 0 Å². The SMILES string of the molecule is O=C(Oc1ccccc1S(=O)(=O)Nc1ccccc1)C(F)(F)S(=O)(=O)O. The summed E-state index contributed by atoms with van der Waals surface area (Å²) in [5.41, 5.74) is 0.150. The molecule has 0 unspecified atom stereocenters. The van der Waals surface area contributed by atoms with Crippen molar-refractivity contribution < 1.29 is 39.7 Å². The van der Waals surface area contributed by atoms with Gasteiger partial charge in [-0.2, -0.15) is 17.2 Å². The van der Waals surface area contributed by atoms with Crippen molar-refractivity contribution in [2.45, 2.75) is 10.2 Å². The summed E-state index contributed by atoms with van der Waals surface area (Å²) in [6, 6.07) is 11.8. The van der Waals surface area contributed by atoms with Crippen molar-refractivity contribution in [1.29, 1.82) is 0 Å². The third kappa shape index (κ3) is 4.15. The number of alkyl halides is 2. The Bertz CT molecular complexity index is 1020. The molecular formula is C14H11F2NO7S2. The average Bonchev–Trinajstić information content (AvgIpc) is 2.54. The van der Waals surface area contributed by atoms with Crippen molar-refractivity contribution in [3.05, 3.63) is 54.6 Å². The van der Waals surface area contributed by atoms with E-state index in [0.717, 1.165) is 12.1 Å². The van der Waals surface area contributed by atoms with E-state index in [-0.39, 0.29) is 5.69 Å². The quantitative estimate of drug-likeness (QED) is 0.425. The van der Waals surface area contributed by atoms with Crippen LogP contribution < -0.4 is 9.46 Å². The molecule has 0 amide bonds. The number of nitrogens with one attached hydrogen (secondary N) is 1. The number of carbonyl (C=O) groups is 1. The Morgan fingerprint density at radius 3 is 2.08 bits per heavy atom. The summed E-state index contributed by atoms with van der Waals surface area (Å²) in [4.78, 5) is 10.7. The number of halogens is 2. The zero-order valence-electron chi connectivity index (χ0n) is 12.7. The summed E-state index contributed by atoms with van der Waals surface area (Å²) in [6.07, 6.45) is 0. The predicted octanol–water partition coefficient (Wildman–Crippen LogP) is 1.87. The molecule has 2 aromatic carbocycles. The molecule has 140 valence electrons. The van der Waals surface area contributed by atoms with Gasteiger partial charge in [-0.1, -0.05) is 30.3 Å². The summed E-state index contributed by atoms with van der Waals surface area (Å²) in [5.74, 6) is -3.49. The number of hydrogen-bond acceptors (Lipinski definition) is 6. The van der Waals surface area contributed by atoms with Crippen molar-refractivity contribution in [1.82, 2.24) is 0 Å². The van der Waals surface area contributed by atoms with E-state index >= 15 is 0 Å². The van der Waals surface area contributed by atoms with Gasteiger partial charge in [-0.05, 0) is 24.3 Å². The predicted molar refractivity (Wildman–Crippen MR) is 85.8 cm³/mol. The van der Waals surface area contributed by atoms with Gasteiger partial charge in [0.15, 0.2) is 5.75 Å². The maximum atomic E-state index is 13.3. The zero-order chi connectivity index (χ0) is 19.6. The molecule has 2 rings (SSSR count). The molecule has 0 aliphatic carbocycles. The van der Waals surface area contributed by atoms with Crippen molar-refractivity contribution >= 4 is 31.8 Å². The van der Waals surface area contributed by atoms with Gasteiger partial charge in [0.05, 0.1) is 0 Å². The van der Waals surface area contributed by atoms with Crippen molar-refractivity contribution in [2.75, 3.05) is 4.72 Å². The number of benzene rings is 2. The maximum Gasteiger partial charge on any atom is 0.466 e. The molecule has 0 spiro atoms. The Morgan fingerprint density at radius 1 is 0.962 bits per heavy atom. The fourth-order valence-electron chi connectivity index (χ4n) is 1.74. The molecule has 0 saturated carbocycles. The molecular weight excluding hydrogens is 396 g/mol. The Balaban J connectivity index is 2.38. The van der Waals surface area contributed by atoms with Gasteiger partial charge in [-0.25, -0.2) is 13.2 Å². The summed E-state index contributed by atoms with van der Waals surface area (Å²) in [6.45, 7) is 0. The molecule has 8 nitrogen and oxygen atoms in total. The zero-order valence-corrected chi connectivity index (χ0v) is 14.3. The molecule has 0 fully saturated rings. The second-order valence-electron chi connectivity index (χ2n) is 4.80. The summed E-state index contributed by atoms with van der Waals surface area (Å²) in [7, 11) is -10.4. The molecule has 12 heteroatoms. The molecule has 0 radical (unpaired) electrons. The minimum atomic E-state index is -6.09. The van der Waals surface area contributed by atoms with Crippen LogP contribution in [0.1, 0.15) is 0 Å². The number of rotatable bonds is 6. The van der Waals surface area contributed by atoms with Crippen LogP contribution >= 0.6 is 0 Å². The van der Waals surface area contributed by atoms with E-state index in [1.165, 1.54) is 36.4 Å². The van der Waals surface area contributed by atoms with Gasteiger partial charge in [-0.3, -0.25) is 9.27 Å². The minimum absolute atomic E-state index is 0.150. The van der Waals surface area contributed by atoms with Crippen LogP contribution in [0.3, 0.4) is 0 Å². The Hall–Kier alpha value is -2.57. The molecule has 2 aromatic rings. The van der Waals surface area contributed by atoms with E-state index in [1.807, 2.05) is 0 Å². The van der Waals surface area contributed by atoms with Crippen LogP contribution in [0.5, 0.6) is 5.75 Å². The number of ether oxygens (including phenoxy) is 1. The molecule has 0 aliphatic rings. The van der Waals surface area contributed by atoms with Crippen molar-refractivity contribution in [2.24, 2.45) is 0 Å². The molecule has 0 saturated heterocycles. The van der Waals surface area contributed by atoms with Gasteiger partial charge >= 0.3 is 21.3 Å². The number of carbonyl (C=O) groups excluding carboxylic acids is 1. The Kier molecular flexibility index (Phi) is 5.30. The van der Waals surface area contributed by atoms with E-state index in [9.17, 15) is 30.4 Å². The van der Waals surface area contributed by atoms with Crippen LogP contribution in [-0.4, -0.2) is 32.6 Å². The highest BCUT2D eigenvalue weighted by atomic mass is 32.2. The Morgan fingerprint density at radius 2 is 1.50 bits per heavy atom. The van der Waals surface area contributed by atoms with E-state index < -0.39 is 42.0 Å². The van der Waals surface area contributed by atoms with Crippen LogP contribution in [0.15, 0.2) is 59.5 Å². The third-order valence-corrected chi connectivity index (χ3v) is 5.16. The van der Waals surface area contributed by atoms with E-state index in [4.69, 9.17) is 4.55 Å². The molecule has 0 bridgehead atoms. The topological polar surface area (TPSA) is 127 Å². The lowest BCUT2D eigenvalue weighted by Crippen LogP contribution is -2.40. The summed E-state index contributed by atoms with van der Waals surface area (Å²) < 4.78 is 87.3. The van der Waals surface area contributed by atoms with Gasteiger partial charge in [0.2, 0.25) is 0 Å². The first-order valence-corrected chi connectivity index (χ1v) is 9.61. The normalized spacial score (nSPS) is 12.4. The van der Waals surface area contributed by atoms with Gasteiger partial charge in [0, 0.05) is 5.69 Å². The number of para-hydroxylation sites is 2. The monoisotopic (exact) mass is 407 g/mol. The molecule has 0 heterocycles. The fourth-order valence-corrected chi connectivity index (χ4v) is 3.18. The molecule has 2 N–H and O–H groups in total. The van der Waals surface area contributed by atoms with Crippen LogP contribution in [0.25, 0.3) is 0 Å².